The molecule has 2 N–H and O–H groups in total. The van der Waals surface area contributed by atoms with Crippen molar-refractivity contribution in [3.05, 3.63) is 142 Å². The lowest BCUT2D eigenvalue weighted by Gasteiger charge is -2.26. The Bertz CT molecular complexity index is 2770. The molecule has 3 aromatic carbocycles. The van der Waals surface area contributed by atoms with Gasteiger partial charge in [0.15, 0.2) is 6.29 Å². The summed E-state index contributed by atoms with van der Waals surface area (Å²) in [7, 11) is 0. The maximum atomic E-state index is 13.2. The number of aromatic amines is 2. The summed E-state index contributed by atoms with van der Waals surface area (Å²) in [6.07, 6.45) is 9.22. The van der Waals surface area contributed by atoms with Crippen LogP contribution in [0.3, 0.4) is 0 Å². The third kappa shape index (κ3) is 7.74. The molecule has 0 unspecified atom stereocenters. The second kappa shape index (κ2) is 14.6. The number of carbonyl (C=O) groups is 1. The number of fused-ring (bicyclic) bond motifs is 8. The lowest BCUT2D eigenvalue weighted by atomic mass is 9.78. The first-order valence-electron chi connectivity index (χ1n) is 21.2. The fraction of sp³-hybridized carbons (Fsp3) is 0.291. The molecule has 0 spiro atoms. The van der Waals surface area contributed by atoms with Crippen LogP contribution in [0.1, 0.15) is 138 Å². The molecule has 0 amide bonds. The van der Waals surface area contributed by atoms with Gasteiger partial charge >= 0.3 is 0 Å². The lowest BCUT2D eigenvalue weighted by molar-refractivity contribution is 0.112. The van der Waals surface area contributed by atoms with Crippen molar-refractivity contribution in [2.75, 3.05) is 0 Å². The number of hydrogen-bond acceptors (Lipinski definition) is 3. The molecule has 5 heterocycles. The van der Waals surface area contributed by atoms with Crippen molar-refractivity contribution in [2.45, 2.75) is 105 Å². The van der Waals surface area contributed by atoms with Gasteiger partial charge in [-0.2, -0.15) is 0 Å². The van der Waals surface area contributed by atoms with E-state index < -0.39 is 0 Å². The van der Waals surface area contributed by atoms with E-state index in [1.165, 1.54) is 22.3 Å². The molecule has 5 nitrogen and oxygen atoms in total. The Kier molecular flexibility index (Phi) is 9.89. The van der Waals surface area contributed by atoms with E-state index in [4.69, 9.17) is 9.97 Å². The summed E-state index contributed by atoms with van der Waals surface area (Å²) in [5.41, 5.74) is 17.9. The fourth-order valence-electron chi connectivity index (χ4n) is 8.14. The van der Waals surface area contributed by atoms with E-state index >= 15 is 0 Å². The fourth-order valence-corrected chi connectivity index (χ4v) is 8.14. The van der Waals surface area contributed by atoms with Crippen LogP contribution in [-0.4, -0.2) is 26.2 Å². The first kappa shape index (κ1) is 40.7. The lowest BCUT2D eigenvalue weighted by Crippen LogP contribution is -2.16. The zero-order chi connectivity index (χ0) is 42.9. The van der Waals surface area contributed by atoms with Crippen LogP contribution >= 0.6 is 0 Å². The van der Waals surface area contributed by atoms with Gasteiger partial charge < -0.3 is 9.97 Å². The predicted octanol–water partition coefficient (Wildman–Crippen LogP) is 14.7. The van der Waals surface area contributed by atoms with Gasteiger partial charge in [0.2, 0.25) is 0 Å². The number of H-pyrrole nitrogens is 2. The van der Waals surface area contributed by atoms with E-state index in [1.54, 1.807) is 0 Å². The van der Waals surface area contributed by atoms with Gasteiger partial charge in [0.05, 0.1) is 33.9 Å². The Labute approximate surface area is 355 Å². The van der Waals surface area contributed by atoms with Gasteiger partial charge in [0.25, 0.3) is 0 Å². The summed E-state index contributed by atoms with van der Waals surface area (Å²) in [4.78, 5) is 31.5. The van der Waals surface area contributed by atoms with Crippen LogP contribution in [0.5, 0.6) is 0 Å². The highest BCUT2D eigenvalue weighted by Crippen LogP contribution is 2.41. The number of aromatic nitrogens is 4. The Hall–Kier alpha value is -6.07. The van der Waals surface area contributed by atoms with Crippen LogP contribution in [0.4, 0.5) is 0 Å². The molecular formula is C55H58N4O. The van der Waals surface area contributed by atoms with Crippen LogP contribution < -0.4 is 0 Å². The van der Waals surface area contributed by atoms with E-state index in [9.17, 15) is 4.79 Å². The second-order valence-electron chi connectivity index (χ2n) is 20.6. The van der Waals surface area contributed by atoms with E-state index in [2.05, 4.69) is 190 Å². The zero-order valence-electron chi connectivity index (χ0n) is 37.3. The maximum Gasteiger partial charge on any atom is 0.154 e. The molecular weight excluding hydrogens is 733 g/mol. The molecule has 3 aromatic heterocycles. The van der Waals surface area contributed by atoms with Gasteiger partial charge in [-0.3, -0.25) is 4.79 Å². The maximum absolute atomic E-state index is 13.2. The largest absolute Gasteiger partial charge is 0.354 e. The highest BCUT2D eigenvalue weighted by Gasteiger charge is 2.25. The van der Waals surface area contributed by atoms with Crippen LogP contribution in [0.25, 0.3) is 79.8 Å². The number of nitrogens with one attached hydrogen (secondary N) is 2. The van der Waals surface area contributed by atoms with Gasteiger partial charge in [-0.15, -0.1) is 0 Å². The van der Waals surface area contributed by atoms with Crippen molar-refractivity contribution >= 4 is 52.7 Å². The molecule has 0 saturated heterocycles. The Morgan fingerprint density at radius 2 is 0.733 bits per heavy atom. The van der Waals surface area contributed by atoms with Crippen molar-refractivity contribution in [1.29, 1.82) is 0 Å². The third-order valence-corrected chi connectivity index (χ3v) is 11.9. The Morgan fingerprint density at radius 3 is 1.12 bits per heavy atom. The first-order valence-corrected chi connectivity index (χ1v) is 21.2. The number of rotatable bonds is 4. The van der Waals surface area contributed by atoms with Crippen LogP contribution in [0.15, 0.2) is 91.0 Å². The minimum absolute atomic E-state index is 0.0855. The molecule has 0 aliphatic carbocycles. The average Bonchev–Trinajstić information content (AvgIpc) is 4.02. The zero-order valence-corrected chi connectivity index (χ0v) is 37.3. The number of nitrogens with zero attached hydrogens (tertiary/aromatic N) is 2. The number of benzene rings is 3. The summed E-state index contributed by atoms with van der Waals surface area (Å²) < 4.78 is 0. The van der Waals surface area contributed by atoms with E-state index in [1.807, 2.05) is 18.2 Å². The molecule has 0 radical (unpaired) electrons. The predicted molar refractivity (Wildman–Crippen MR) is 255 cm³/mol. The first-order chi connectivity index (χ1) is 28.2. The second-order valence-corrected chi connectivity index (χ2v) is 20.6. The molecule has 60 heavy (non-hydrogen) atoms. The third-order valence-electron chi connectivity index (χ3n) is 11.9. The van der Waals surface area contributed by atoms with Crippen LogP contribution in [0.2, 0.25) is 0 Å². The summed E-state index contributed by atoms with van der Waals surface area (Å²) in [6, 6.07) is 32.9. The smallest absolute Gasteiger partial charge is 0.154 e. The van der Waals surface area contributed by atoms with Crippen molar-refractivity contribution < 1.29 is 4.79 Å². The SMILES string of the molecule is CC(C)(C)c1cc(-c2c3nc(c(-c4ccccc4)c4ccc([nH]4)c(-c4cc(C(C)(C)C)cc(C(C)(C)C)c4)c4nc(c(C=O)c5ccc2[nH]5)C=C4)C=C3)cc(C(C)(C)C)c1. The molecule has 0 saturated carbocycles. The van der Waals surface area contributed by atoms with Crippen LogP contribution in [0, 0.1) is 0 Å². The van der Waals surface area contributed by atoms with Gasteiger partial charge in [-0.05, 0) is 109 Å². The van der Waals surface area contributed by atoms with Gasteiger partial charge in [0.1, 0.15) is 0 Å². The topological polar surface area (TPSA) is 74.4 Å². The minimum atomic E-state index is -0.0855. The number of hydrogen-bond donors (Lipinski definition) is 2. The number of aldehydes is 1. The normalized spacial score (nSPS) is 13.3. The highest BCUT2D eigenvalue weighted by atomic mass is 16.1. The quantitative estimate of drug-likeness (QED) is 0.174. The van der Waals surface area contributed by atoms with E-state index in [0.29, 0.717) is 16.8 Å². The molecule has 2 aliphatic rings. The van der Waals surface area contributed by atoms with Crippen molar-refractivity contribution in [2.24, 2.45) is 0 Å². The molecule has 0 fully saturated rings. The molecule has 0 atom stereocenters. The monoisotopic (exact) mass is 790 g/mol. The standard InChI is InChI=1S/C55H58N4O/c1-52(2,3)36-26-34(27-37(30-36)53(4,5)6)50-45-20-18-41(56-45)40(32-60)42-19-21-46(57-42)51(35-28-38(54(7,8)9)31-39(29-35)55(10,11)12)48-25-23-44(59-48)49(33-16-14-13-15-17-33)43-22-24-47(50)58-43/h13-32,56,59H,1-12H3. The Balaban J connectivity index is 1.55. The molecule has 6 aromatic rings. The van der Waals surface area contributed by atoms with Gasteiger partial charge in [0, 0.05) is 33.2 Å². The van der Waals surface area contributed by atoms with E-state index in [0.717, 1.165) is 73.3 Å². The van der Waals surface area contributed by atoms with Crippen molar-refractivity contribution in [1.82, 2.24) is 19.9 Å². The summed E-state index contributed by atoms with van der Waals surface area (Å²) >= 11 is 0. The van der Waals surface area contributed by atoms with Crippen molar-refractivity contribution in [3.63, 3.8) is 0 Å². The molecule has 8 bridgehead atoms. The summed E-state index contributed by atoms with van der Waals surface area (Å²) in [6.45, 7) is 27.2. The molecule has 8 rings (SSSR count). The Morgan fingerprint density at radius 1 is 0.400 bits per heavy atom. The van der Waals surface area contributed by atoms with E-state index in [-0.39, 0.29) is 21.7 Å². The minimum Gasteiger partial charge on any atom is -0.354 e. The van der Waals surface area contributed by atoms with Crippen molar-refractivity contribution in [3.8, 4) is 33.4 Å². The molecule has 5 heteroatoms. The highest BCUT2D eigenvalue weighted by molar-refractivity contribution is 6.00. The van der Waals surface area contributed by atoms with Gasteiger partial charge in [-0.1, -0.05) is 150 Å². The summed E-state index contributed by atoms with van der Waals surface area (Å²) in [5, 5.41) is 0. The average molecular weight is 791 g/mol. The molecule has 2 aliphatic heterocycles. The number of carbonyl (C=O) groups excluding carboxylic acids is 1. The van der Waals surface area contributed by atoms with Gasteiger partial charge in [-0.25, -0.2) is 9.97 Å². The summed E-state index contributed by atoms with van der Waals surface area (Å²) in [5.74, 6) is 0. The van der Waals surface area contributed by atoms with Crippen LogP contribution in [-0.2, 0) is 21.7 Å². The molecule has 304 valence electrons.